The van der Waals surface area contributed by atoms with Gasteiger partial charge in [0, 0.05) is 12.1 Å². The van der Waals surface area contributed by atoms with Crippen LogP contribution < -0.4 is 11.5 Å². The fourth-order valence-electron chi connectivity index (χ4n) is 3.51. The first-order chi connectivity index (χ1) is 5.41. The zero-order chi connectivity index (χ0) is 9.15. The molecular weight excluding hydrogens is 148 g/mol. The lowest BCUT2D eigenvalue weighted by atomic mass is 9.69. The lowest BCUT2D eigenvalue weighted by molar-refractivity contribution is 0.136. The number of nitrogens with two attached hydrogens (primary N) is 2. The molecule has 4 N–H and O–H groups in total. The van der Waals surface area contributed by atoms with Crippen LogP contribution in [0.3, 0.4) is 0 Å². The standard InChI is InChI=1S/C10H20N2/c1-9(2)6-4-5-10(9,3)8(12)7(6)11/h6-8H,4-5,11-12H2,1-3H3/t6-,7+,8+,10+/m0/s1. The van der Waals surface area contributed by atoms with Gasteiger partial charge in [-0.1, -0.05) is 20.8 Å². The molecule has 12 heavy (non-hydrogen) atoms. The topological polar surface area (TPSA) is 52.0 Å². The van der Waals surface area contributed by atoms with Gasteiger partial charge in [-0.05, 0) is 29.6 Å². The second-order valence-electron chi connectivity index (χ2n) is 5.39. The monoisotopic (exact) mass is 168 g/mol. The van der Waals surface area contributed by atoms with Crippen molar-refractivity contribution in [2.45, 2.75) is 45.7 Å². The minimum atomic E-state index is 0.214. The molecule has 0 saturated heterocycles. The number of hydrogen-bond acceptors (Lipinski definition) is 2. The van der Waals surface area contributed by atoms with E-state index in [1.54, 1.807) is 0 Å². The Morgan fingerprint density at radius 1 is 1.17 bits per heavy atom. The summed E-state index contributed by atoms with van der Waals surface area (Å²) in [6.07, 6.45) is 2.54. The van der Waals surface area contributed by atoms with Crippen molar-refractivity contribution in [2.75, 3.05) is 0 Å². The molecule has 0 aromatic carbocycles. The van der Waals surface area contributed by atoms with E-state index < -0.39 is 0 Å². The van der Waals surface area contributed by atoms with E-state index in [1.807, 2.05) is 0 Å². The van der Waals surface area contributed by atoms with Gasteiger partial charge in [-0.15, -0.1) is 0 Å². The lowest BCUT2D eigenvalue weighted by Crippen LogP contribution is -2.50. The summed E-state index contributed by atoms with van der Waals surface area (Å²) in [5.74, 6) is 0.650. The van der Waals surface area contributed by atoms with E-state index in [0.29, 0.717) is 11.3 Å². The molecule has 2 nitrogen and oxygen atoms in total. The summed E-state index contributed by atoms with van der Waals surface area (Å²) in [6.45, 7) is 6.97. The van der Waals surface area contributed by atoms with Crippen LogP contribution in [0.2, 0.25) is 0 Å². The predicted octanol–water partition coefficient (Wildman–Crippen LogP) is 1.10. The molecule has 2 fully saturated rings. The fraction of sp³-hybridized carbons (Fsp3) is 1.00. The Balaban J connectivity index is 2.44. The van der Waals surface area contributed by atoms with E-state index in [1.165, 1.54) is 12.8 Å². The van der Waals surface area contributed by atoms with E-state index in [-0.39, 0.29) is 17.5 Å². The summed E-state index contributed by atoms with van der Waals surface area (Å²) >= 11 is 0. The van der Waals surface area contributed by atoms with Crippen LogP contribution in [0.25, 0.3) is 0 Å². The third-order valence-corrected chi connectivity index (χ3v) is 4.99. The minimum Gasteiger partial charge on any atom is -0.326 e. The molecule has 0 heterocycles. The molecular formula is C10H20N2. The number of rotatable bonds is 0. The lowest BCUT2D eigenvalue weighted by Gasteiger charge is -2.37. The van der Waals surface area contributed by atoms with E-state index in [4.69, 9.17) is 11.5 Å². The summed E-state index contributed by atoms with van der Waals surface area (Å²) in [4.78, 5) is 0. The maximum Gasteiger partial charge on any atom is 0.0255 e. The summed E-state index contributed by atoms with van der Waals surface area (Å²) in [5.41, 5.74) is 12.9. The molecule has 0 aromatic rings. The average molecular weight is 168 g/mol. The minimum absolute atomic E-state index is 0.214. The van der Waals surface area contributed by atoms with Gasteiger partial charge in [0.2, 0.25) is 0 Å². The highest BCUT2D eigenvalue weighted by Gasteiger charge is 2.63. The van der Waals surface area contributed by atoms with Crippen molar-refractivity contribution >= 4 is 0 Å². The highest BCUT2D eigenvalue weighted by molar-refractivity contribution is 5.17. The molecule has 2 bridgehead atoms. The van der Waals surface area contributed by atoms with Crippen molar-refractivity contribution in [3.63, 3.8) is 0 Å². The molecule has 0 radical (unpaired) electrons. The third kappa shape index (κ3) is 0.647. The van der Waals surface area contributed by atoms with Gasteiger partial charge < -0.3 is 11.5 Å². The summed E-state index contributed by atoms with van der Waals surface area (Å²) in [7, 11) is 0. The van der Waals surface area contributed by atoms with Gasteiger partial charge in [0.25, 0.3) is 0 Å². The molecule has 0 spiro atoms. The number of fused-ring (bicyclic) bond motifs is 2. The Bertz CT molecular complexity index is 212. The first-order valence-corrected chi connectivity index (χ1v) is 4.92. The van der Waals surface area contributed by atoms with Crippen molar-refractivity contribution in [1.29, 1.82) is 0 Å². The molecule has 0 aromatic heterocycles. The Kier molecular flexibility index (Phi) is 1.45. The predicted molar refractivity (Wildman–Crippen MR) is 50.6 cm³/mol. The average Bonchev–Trinajstić information content (AvgIpc) is 2.26. The quantitative estimate of drug-likeness (QED) is 0.569. The zero-order valence-corrected chi connectivity index (χ0v) is 8.30. The number of hydrogen-bond donors (Lipinski definition) is 2. The van der Waals surface area contributed by atoms with Gasteiger partial charge in [-0.2, -0.15) is 0 Å². The SMILES string of the molecule is CC1(C)[C@H]2CC[C@]1(C)[C@H](N)[C@@H]2N. The van der Waals surface area contributed by atoms with Crippen molar-refractivity contribution in [3.8, 4) is 0 Å². The molecule has 0 unspecified atom stereocenters. The summed E-state index contributed by atoms with van der Waals surface area (Å²) < 4.78 is 0. The first kappa shape index (κ1) is 8.52. The molecule has 0 aliphatic heterocycles. The zero-order valence-electron chi connectivity index (χ0n) is 8.30. The molecule has 2 rings (SSSR count). The largest absolute Gasteiger partial charge is 0.326 e. The second-order valence-corrected chi connectivity index (χ2v) is 5.39. The molecule has 4 atom stereocenters. The fourth-order valence-corrected chi connectivity index (χ4v) is 3.51. The molecule has 2 aliphatic carbocycles. The van der Waals surface area contributed by atoms with Gasteiger partial charge >= 0.3 is 0 Å². The molecule has 0 amide bonds. The Labute approximate surface area is 74.7 Å². The maximum atomic E-state index is 6.15. The summed E-state index contributed by atoms with van der Waals surface area (Å²) in [5, 5.41) is 0. The second kappa shape index (κ2) is 2.05. The molecule has 70 valence electrons. The van der Waals surface area contributed by atoms with Gasteiger partial charge in [0.05, 0.1) is 0 Å². The highest BCUT2D eigenvalue weighted by atomic mass is 14.9. The van der Waals surface area contributed by atoms with Crippen LogP contribution in [-0.4, -0.2) is 12.1 Å². The van der Waals surface area contributed by atoms with Crippen LogP contribution in [0.1, 0.15) is 33.6 Å². The van der Waals surface area contributed by atoms with Crippen molar-refractivity contribution in [2.24, 2.45) is 28.2 Å². The maximum absolute atomic E-state index is 6.15. The van der Waals surface area contributed by atoms with E-state index >= 15 is 0 Å². The van der Waals surface area contributed by atoms with Gasteiger partial charge in [0.1, 0.15) is 0 Å². The van der Waals surface area contributed by atoms with Crippen LogP contribution in [0.5, 0.6) is 0 Å². The smallest absolute Gasteiger partial charge is 0.0255 e. The Morgan fingerprint density at radius 2 is 1.75 bits per heavy atom. The van der Waals surface area contributed by atoms with Crippen molar-refractivity contribution in [3.05, 3.63) is 0 Å². The van der Waals surface area contributed by atoms with Crippen LogP contribution in [0.4, 0.5) is 0 Å². The Morgan fingerprint density at radius 3 is 2.00 bits per heavy atom. The van der Waals surface area contributed by atoms with E-state index in [9.17, 15) is 0 Å². The normalized spacial score (nSPS) is 56.2. The van der Waals surface area contributed by atoms with E-state index in [2.05, 4.69) is 20.8 Å². The van der Waals surface area contributed by atoms with Crippen molar-refractivity contribution < 1.29 is 0 Å². The van der Waals surface area contributed by atoms with Gasteiger partial charge in [-0.3, -0.25) is 0 Å². The highest BCUT2D eigenvalue weighted by Crippen LogP contribution is 2.64. The molecule has 2 heteroatoms. The van der Waals surface area contributed by atoms with Crippen LogP contribution in [0, 0.1) is 16.7 Å². The van der Waals surface area contributed by atoms with Gasteiger partial charge in [0.15, 0.2) is 0 Å². The Hall–Kier alpha value is -0.0800. The molecule has 2 saturated carbocycles. The van der Waals surface area contributed by atoms with Crippen LogP contribution >= 0.6 is 0 Å². The first-order valence-electron chi connectivity index (χ1n) is 4.92. The van der Waals surface area contributed by atoms with E-state index in [0.717, 1.165) is 0 Å². The third-order valence-electron chi connectivity index (χ3n) is 4.99. The van der Waals surface area contributed by atoms with Crippen molar-refractivity contribution in [1.82, 2.24) is 0 Å². The summed E-state index contributed by atoms with van der Waals surface area (Å²) in [6, 6.07) is 0.449. The van der Waals surface area contributed by atoms with Crippen LogP contribution in [0.15, 0.2) is 0 Å². The molecule has 2 aliphatic rings. The van der Waals surface area contributed by atoms with Crippen LogP contribution in [-0.2, 0) is 0 Å². The van der Waals surface area contributed by atoms with Gasteiger partial charge in [-0.25, -0.2) is 0 Å².